The quantitative estimate of drug-likeness (QED) is 0.564. The van der Waals surface area contributed by atoms with E-state index in [1.165, 1.54) is 16.7 Å². The van der Waals surface area contributed by atoms with Gasteiger partial charge < -0.3 is 0 Å². The molecule has 2 aromatic rings. The highest BCUT2D eigenvalue weighted by atomic mass is 32.2. The van der Waals surface area contributed by atoms with Gasteiger partial charge in [0.25, 0.3) is 0 Å². The highest BCUT2D eigenvalue weighted by Gasteiger charge is 2.01. The van der Waals surface area contributed by atoms with E-state index in [1.54, 1.807) is 11.8 Å². The van der Waals surface area contributed by atoms with Crippen LogP contribution in [-0.2, 0) is 6.54 Å². The Bertz CT molecular complexity index is 585. The van der Waals surface area contributed by atoms with Crippen molar-refractivity contribution in [3.8, 4) is 0 Å². The van der Waals surface area contributed by atoms with Crippen LogP contribution in [0.15, 0.2) is 71.2 Å². The zero-order valence-corrected chi connectivity index (χ0v) is 12.7. The minimum Gasteiger partial charge on any atom is -0.273 e. The predicted octanol–water partition coefficient (Wildman–Crippen LogP) is 5.05. The standard InChI is InChI=1S/C18H19NS/c1-15(13-16-9-5-3-6-10-16)18(20-2)19-14-17-11-7-4-8-12-17/h3-13H,14H2,1-2H3/b15-13+,19-18?. The van der Waals surface area contributed by atoms with E-state index < -0.39 is 0 Å². The third-order valence-electron chi connectivity index (χ3n) is 2.96. The number of nitrogens with zero attached hydrogens (tertiary/aromatic N) is 1. The first kappa shape index (κ1) is 14.6. The molecule has 102 valence electrons. The third-order valence-corrected chi connectivity index (χ3v) is 3.80. The molecule has 0 saturated heterocycles. The van der Waals surface area contributed by atoms with Gasteiger partial charge in [-0.15, -0.1) is 11.8 Å². The summed E-state index contributed by atoms with van der Waals surface area (Å²) in [6.45, 7) is 2.85. The van der Waals surface area contributed by atoms with E-state index in [2.05, 4.69) is 67.8 Å². The van der Waals surface area contributed by atoms with Gasteiger partial charge in [0.15, 0.2) is 0 Å². The molecule has 0 aliphatic carbocycles. The smallest absolute Gasteiger partial charge is 0.0935 e. The molecule has 0 aromatic heterocycles. The van der Waals surface area contributed by atoms with E-state index in [1.807, 2.05) is 12.1 Å². The molecule has 0 atom stereocenters. The average molecular weight is 281 g/mol. The molecule has 2 aromatic carbocycles. The van der Waals surface area contributed by atoms with Crippen LogP contribution in [0.5, 0.6) is 0 Å². The van der Waals surface area contributed by atoms with Gasteiger partial charge in [0.1, 0.15) is 0 Å². The molecule has 0 spiro atoms. The molecule has 0 N–H and O–H groups in total. The number of hydrogen-bond donors (Lipinski definition) is 0. The summed E-state index contributed by atoms with van der Waals surface area (Å²) in [6.07, 6.45) is 4.26. The Morgan fingerprint density at radius 1 is 1.00 bits per heavy atom. The third kappa shape index (κ3) is 4.39. The molecule has 0 aliphatic heterocycles. The maximum atomic E-state index is 4.72. The second-order valence-electron chi connectivity index (χ2n) is 4.55. The number of thioether (sulfide) groups is 1. The van der Waals surface area contributed by atoms with Crippen molar-refractivity contribution in [1.82, 2.24) is 0 Å². The van der Waals surface area contributed by atoms with Gasteiger partial charge in [-0.3, -0.25) is 4.99 Å². The van der Waals surface area contributed by atoms with Gasteiger partial charge in [-0.2, -0.15) is 0 Å². The van der Waals surface area contributed by atoms with Crippen molar-refractivity contribution in [2.75, 3.05) is 6.26 Å². The summed E-state index contributed by atoms with van der Waals surface area (Å²) in [4.78, 5) is 4.72. The summed E-state index contributed by atoms with van der Waals surface area (Å²) >= 11 is 1.70. The second kappa shape index (κ2) is 7.71. The van der Waals surface area contributed by atoms with Crippen molar-refractivity contribution < 1.29 is 0 Å². The Labute approximate surface area is 125 Å². The van der Waals surface area contributed by atoms with E-state index in [-0.39, 0.29) is 0 Å². The minimum absolute atomic E-state index is 0.733. The molecular formula is C18H19NS. The lowest BCUT2D eigenvalue weighted by molar-refractivity contribution is 1.07. The highest BCUT2D eigenvalue weighted by Crippen LogP contribution is 2.15. The number of aliphatic imine (C=N–C) groups is 1. The number of hydrogen-bond acceptors (Lipinski definition) is 2. The fourth-order valence-electron chi connectivity index (χ4n) is 1.96. The molecule has 2 rings (SSSR count). The van der Waals surface area contributed by atoms with Gasteiger partial charge in [0.05, 0.1) is 11.6 Å². The van der Waals surface area contributed by atoms with Crippen molar-refractivity contribution in [3.63, 3.8) is 0 Å². The summed E-state index contributed by atoms with van der Waals surface area (Å²) in [7, 11) is 0. The first-order chi connectivity index (χ1) is 9.79. The van der Waals surface area contributed by atoms with Crippen molar-refractivity contribution in [1.29, 1.82) is 0 Å². The van der Waals surface area contributed by atoms with Crippen LogP contribution in [-0.4, -0.2) is 11.3 Å². The Hall–Kier alpha value is -1.80. The normalized spacial score (nSPS) is 12.5. The van der Waals surface area contributed by atoms with E-state index in [0.29, 0.717) is 0 Å². The molecule has 0 aliphatic rings. The van der Waals surface area contributed by atoms with Gasteiger partial charge in [-0.25, -0.2) is 0 Å². The van der Waals surface area contributed by atoms with Gasteiger partial charge >= 0.3 is 0 Å². The van der Waals surface area contributed by atoms with E-state index >= 15 is 0 Å². The van der Waals surface area contributed by atoms with Crippen LogP contribution in [0.2, 0.25) is 0 Å². The van der Waals surface area contributed by atoms with Crippen LogP contribution in [0, 0.1) is 0 Å². The SMILES string of the molecule is CSC(=NCc1ccccc1)/C(C)=C/c1ccccc1. The van der Waals surface area contributed by atoms with Crippen LogP contribution < -0.4 is 0 Å². The second-order valence-corrected chi connectivity index (χ2v) is 5.34. The van der Waals surface area contributed by atoms with E-state index in [0.717, 1.165) is 11.6 Å². The molecular weight excluding hydrogens is 262 g/mol. The van der Waals surface area contributed by atoms with Crippen molar-refractivity contribution in [3.05, 3.63) is 77.4 Å². The summed E-state index contributed by atoms with van der Waals surface area (Å²) in [5.41, 5.74) is 3.66. The van der Waals surface area contributed by atoms with Crippen LogP contribution in [0.4, 0.5) is 0 Å². The molecule has 0 saturated carbocycles. The monoisotopic (exact) mass is 281 g/mol. The first-order valence-electron chi connectivity index (χ1n) is 6.65. The van der Waals surface area contributed by atoms with Gasteiger partial charge in [0.2, 0.25) is 0 Å². The zero-order chi connectivity index (χ0) is 14.2. The molecule has 0 unspecified atom stereocenters. The van der Waals surface area contributed by atoms with Crippen molar-refractivity contribution in [2.24, 2.45) is 4.99 Å². The van der Waals surface area contributed by atoms with E-state index in [4.69, 9.17) is 4.99 Å². The molecule has 0 bridgehead atoms. The van der Waals surface area contributed by atoms with Gasteiger partial charge in [-0.1, -0.05) is 60.7 Å². The van der Waals surface area contributed by atoms with Crippen LogP contribution in [0.25, 0.3) is 6.08 Å². The maximum Gasteiger partial charge on any atom is 0.0935 e. The summed E-state index contributed by atoms with van der Waals surface area (Å²) in [5, 5.41) is 1.10. The highest BCUT2D eigenvalue weighted by molar-refractivity contribution is 8.13. The van der Waals surface area contributed by atoms with Crippen LogP contribution in [0.3, 0.4) is 0 Å². The Kier molecular flexibility index (Phi) is 5.63. The molecule has 20 heavy (non-hydrogen) atoms. The molecule has 1 nitrogen and oxygen atoms in total. The van der Waals surface area contributed by atoms with Gasteiger partial charge in [0, 0.05) is 0 Å². The fraction of sp³-hybridized carbons (Fsp3) is 0.167. The van der Waals surface area contributed by atoms with E-state index in [9.17, 15) is 0 Å². The van der Waals surface area contributed by atoms with Crippen LogP contribution in [0.1, 0.15) is 18.1 Å². The lowest BCUT2D eigenvalue weighted by atomic mass is 10.1. The molecule has 0 radical (unpaired) electrons. The summed E-state index contributed by atoms with van der Waals surface area (Å²) in [5.74, 6) is 0. The predicted molar refractivity (Wildman–Crippen MR) is 91.2 cm³/mol. The summed E-state index contributed by atoms with van der Waals surface area (Å²) < 4.78 is 0. The molecule has 0 heterocycles. The zero-order valence-electron chi connectivity index (χ0n) is 11.9. The largest absolute Gasteiger partial charge is 0.273 e. The first-order valence-corrected chi connectivity index (χ1v) is 7.88. The minimum atomic E-state index is 0.733. The molecule has 0 fully saturated rings. The molecule has 2 heteroatoms. The van der Waals surface area contributed by atoms with Crippen LogP contribution >= 0.6 is 11.8 Å². The Balaban J connectivity index is 2.13. The average Bonchev–Trinajstić information content (AvgIpc) is 2.50. The summed E-state index contributed by atoms with van der Waals surface area (Å²) in [6, 6.07) is 20.7. The number of benzene rings is 2. The van der Waals surface area contributed by atoms with Crippen molar-refractivity contribution >= 4 is 22.9 Å². The topological polar surface area (TPSA) is 12.4 Å². The molecule has 0 amide bonds. The van der Waals surface area contributed by atoms with Gasteiger partial charge in [-0.05, 0) is 36.0 Å². The Morgan fingerprint density at radius 3 is 2.20 bits per heavy atom. The van der Waals surface area contributed by atoms with Crippen molar-refractivity contribution in [2.45, 2.75) is 13.5 Å². The maximum absolute atomic E-state index is 4.72. The fourth-order valence-corrected chi connectivity index (χ4v) is 2.53. The lowest BCUT2D eigenvalue weighted by Crippen LogP contribution is -1.95. The lowest BCUT2D eigenvalue weighted by Gasteiger charge is -2.05. The Morgan fingerprint density at radius 2 is 1.60 bits per heavy atom. The number of rotatable bonds is 4.